The predicted octanol–water partition coefficient (Wildman–Crippen LogP) is 7.36. The zero-order valence-corrected chi connectivity index (χ0v) is 35.2. The van der Waals surface area contributed by atoms with E-state index in [0.29, 0.717) is 0 Å². The molecule has 2 heterocycles. The lowest BCUT2D eigenvalue weighted by atomic mass is 10.1. The molecular formula is C40H28Cl4F2N8O8. The lowest BCUT2D eigenvalue weighted by Crippen LogP contribution is -2.26. The van der Waals surface area contributed by atoms with Gasteiger partial charge in [-0.1, -0.05) is 58.5 Å². The van der Waals surface area contributed by atoms with Gasteiger partial charge in [-0.15, -0.1) is 0 Å². The zero-order chi connectivity index (χ0) is 44.8. The van der Waals surface area contributed by atoms with E-state index in [2.05, 4.69) is 10.2 Å². The van der Waals surface area contributed by atoms with Gasteiger partial charge in [-0.25, -0.2) is 18.4 Å². The first-order valence-corrected chi connectivity index (χ1v) is 19.3. The molecule has 2 aromatic heterocycles. The standard InChI is InChI=1S/C40H28Cl4F2N8O8/c1-51-31(13-23-3-5-29(43)37(35(23)45)61-27-11-21(17-47)9-25(41)15-27)49-53(39(51)57)19-59-33(55)7-8-34(56)60-20-54-40(58)52(2)32(50-54)14-24-4-6-30(44)38(36(24)46)62-28-12-22(18-48)10-26(42)16-28/h3-6,9-12,15-16H,7-8,13-14,19-20H2,1-2H3. The quantitative estimate of drug-likeness (QED) is 0.0929. The van der Waals surface area contributed by atoms with E-state index in [1.54, 1.807) is 0 Å². The highest BCUT2D eigenvalue weighted by molar-refractivity contribution is 6.32. The van der Waals surface area contributed by atoms with Crippen LogP contribution in [0, 0.1) is 34.3 Å². The van der Waals surface area contributed by atoms with Crippen molar-refractivity contribution in [2.45, 2.75) is 39.1 Å². The van der Waals surface area contributed by atoms with Gasteiger partial charge < -0.3 is 18.9 Å². The van der Waals surface area contributed by atoms with E-state index >= 15 is 8.78 Å². The van der Waals surface area contributed by atoms with Crippen LogP contribution in [0.25, 0.3) is 0 Å². The Kier molecular flexibility index (Phi) is 14.0. The van der Waals surface area contributed by atoms with E-state index in [-0.39, 0.29) is 89.8 Å². The predicted molar refractivity (Wildman–Crippen MR) is 217 cm³/mol. The van der Waals surface area contributed by atoms with Crippen molar-refractivity contribution in [3.63, 3.8) is 0 Å². The maximum Gasteiger partial charge on any atom is 0.348 e. The van der Waals surface area contributed by atoms with Crippen LogP contribution in [0.1, 0.15) is 46.7 Å². The van der Waals surface area contributed by atoms with Crippen molar-refractivity contribution in [3.05, 3.63) is 147 Å². The number of aromatic nitrogens is 6. The summed E-state index contributed by atoms with van der Waals surface area (Å²) in [5, 5.41) is 27.0. The Labute approximate surface area is 369 Å². The van der Waals surface area contributed by atoms with E-state index in [4.69, 9.17) is 65.4 Å². The Hall–Kier alpha value is -6.70. The van der Waals surface area contributed by atoms with Crippen LogP contribution < -0.4 is 20.9 Å². The van der Waals surface area contributed by atoms with Gasteiger partial charge in [0.15, 0.2) is 36.6 Å². The van der Waals surface area contributed by atoms with Crippen molar-refractivity contribution in [2.75, 3.05) is 0 Å². The van der Waals surface area contributed by atoms with Gasteiger partial charge in [-0.2, -0.15) is 30.1 Å². The van der Waals surface area contributed by atoms with Gasteiger partial charge in [-0.05, 0) is 59.7 Å². The number of nitrogens with zero attached hydrogens (tertiary/aromatic N) is 8. The van der Waals surface area contributed by atoms with Crippen LogP contribution >= 0.6 is 46.4 Å². The molecule has 22 heteroatoms. The van der Waals surface area contributed by atoms with Gasteiger partial charge in [-0.3, -0.25) is 18.7 Å². The fourth-order valence-corrected chi connectivity index (χ4v) is 6.53. The Morgan fingerprint density at radius 3 is 1.40 bits per heavy atom. The monoisotopic (exact) mass is 926 g/mol. The van der Waals surface area contributed by atoms with Gasteiger partial charge >= 0.3 is 23.3 Å². The van der Waals surface area contributed by atoms with Crippen molar-refractivity contribution in [3.8, 4) is 35.1 Å². The number of halogens is 6. The molecule has 0 fully saturated rings. The second-order valence-corrected chi connectivity index (χ2v) is 14.8. The second-order valence-electron chi connectivity index (χ2n) is 13.1. The number of esters is 2. The zero-order valence-electron chi connectivity index (χ0n) is 32.1. The van der Waals surface area contributed by atoms with Crippen LogP contribution in [0.4, 0.5) is 8.78 Å². The molecule has 4 aromatic carbocycles. The second kappa shape index (κ2) is 19.3. The first-order valence-electron chi connectivity index (χ1n) is 17.8. The number of hydrogen-bond donors (Lipinski definition) is 0. The molecule has 0 atom stereocenters. The van der Waals surface area contributed by atoms with Crippen molar-refractivity contribution < 1.29 is 37.3 Å². The Morgan fingerprint density at radius 2 is 1.03 bits per heavy atom. The number of carbonyl (C=O) groups excluding carboxylic acids is 2. The number of rotatable bonds is 15. The molecule has 0 aliphatic heterocycles. The molecule has 0 unspecified atom stereocenters. The summed E-state index contributed by atoms with van der Waals surface area (Å²) < 4.78 is 56.7. The van der Waals surface area contributed by atoms with Crippen molar-refractivity contribution in [1.29, 1.82) is 10.5 Å². The average molecular weight is 929 g/mol. The molecule has 62 heavy (non-hydrogen) atoms. The van der Waals surface area contributed by atoms with Crippen LogP contribution in [0.15, 0.2) is 70.3 Å². The van der Waals surface area contributed by atoms with Crippen molar-refractivity contribution in [2.24, 2.45) is 14.1 Å². The minimum absolute atomic E-state index is 0.0502. The highest BCUT2D eigenvalue weighted by Gasteiger charge is 2.22. The third kappa shape index (κ3) is 10.4. The molecule has 0 aliphatic carbocycles. The lowest BCUT2D eigenvalue weighted by molar-refractivity contribution is -0.154. The molecule has 0 spiro atoms. The van der Waals surface area contributed by atoms with Gasteiger partial charge in [0, 0.05) is 37.0 Å². The average Bonchev–Trinajstić information content (AvgIpc) is 3.67. The lowest BCUT2D eigenvalue weighted by Gasteiger charge is -2.12. The summed E-state index contributed by atoms with van der Waals surface area (Å²) in [4.78, 5) is 50.7. The van der Waals surface area contributed by atoms with Gasteiger partial charge in [0.05, 0.1) is 46.2 Å². The molecule has 6 rings (SSSR count). The number of ether oxygens (including phenoxy) is 4. The topological polar surface area (TPSA) is 198 Å². The normalized spacial score (nSPS) is 10.9. The largest absolute Gasteiger partial charge is 0.453 e. The summed E-state index contributed by atoms with van der Waals surface area (Å²) in [6.45, 7) is -1.27. The van der Waals surface area contributed by atoms with Crippen LogP contribution in [-0.4, -0.2) is 40.6 Å². The van der Waals surface area contributed by atoms with Gasteiger partial charge in [0.2, 0.25) is 0 Å². The molecule has 0 saturated heterocycles. The molecule has 0 N–H and O–H groups in total. The minimum atomic E-state index is -0.890. The first kappa shape index (κ1) is 44.8. The number of carbonyl (C=O) groups is 2. The van der Waals surface area contributed by atoms with E-state index in [1.165, 1.54) is 74.8 Å². The molecule has 0 amide bonds. The van der Waals surface area contributed by atoms with Crippen molar-refractivity contribution in [1.82, 2.24) is 28.7 Å². The smallest absolute Gasteiger partial charge is 0.348 e. The molecule has 0 saturated carbocycles. The maximum absolute atomic E-state index is 15.6. The third-order valence-electron chi connectivity index (χ3n) is 8.89. The van der Waals surface area contributed by atoms with Crippen LogP contribution in [-0.2, 0) is 59.5 Å². The van der Waals surface area contributed by atoms with E-state index in [9.17, 15) is 29.7 Å². The third-order valence-corrected chi connectivity index (χ3v) is 9.92. The van der Waals surface area contributed by atoms with Crippen molar-refractivity contribution >= 4 is 58.3 Å². The van der Waals surface area contributed by atoms with Gasteiger partial charge in [0.25, 0.3) is 0 Å². The highest BCUT2D eigenvalue weighted by Crippen LogP contribution is 2.37. The maximum atomic E-state index is 15.6. The summed E-state index contributed by atoms with van der Waals surface area (Å²) in [7, 11) is 2.77. The van der Waals surface area contributed by atoms with Crippen LogP contribution in [0.5, 0.6) is 23.0 Å². The minimum Gasteiger partial charge on any atom is -0.453 e. The summed E-state index contributed by atoms with van der Waals surface area (Å²) in [6, 6.07) is 17.6. The summed E-state index contributed by atoms with van der Waals surface area (Å²) in [5.41, 5.74) is -0.926. The fourth-order valence-electron chi connectivity index (χ4n) is 5.71. The molecule has 0 radical (unpaired) electrons. The van der Waals surface area contributed by atoms with Gasteiger partial charge in [0.1, 0.15) is 23.1 Å². The Balaban J connectivity index is 1.01. The SMILES string of the molecule is Cn1c(Cc2ccc(Cl)c(Oc3cc(Cl)cc(C#N)c3)c2F)nn(COC(=O)CCC(=O)OCn2nc(Cc3ccc(Cl)c(Oc4cc(Cl)cc(C#N)c4)c3F)n(C)c2=O)c1=O. The number of hydrogen-bond acceptors (Lipinski definition) is 12. The molecule has 0 bridgehead atoms. The molecule has 6 aromatic rings. The van der Waals surface area contributed by atoms with Crippen LogP contribution in [0.3, 0.4) is 0 Å². The molecule has 318 valence electrons. The summed E-state index contributed by atoms with van der Waals surface area (Å²) >= 11 is 24.5. The molecular weight excluding hydrogens is 900 g/mol. The van der Waals surface area contributed by atoms with E-state index < -0.39 is 61.3 Å². The Bertz CT molecular complexity index is 2760. The summed E-state index contributed by atoms with van der Waals surface area (Å²) in [6.07, 6.45) is -1.35. The van der Waals surface area contributed by atoms with Crippen LogP contribution in [0.2, 0.25) is 20.1 Å². The Morgan fingerprint density at radius 1 is 0.645 bits per heavy atom. The molecule has 0 aliphatic rings. The molecule has 16 nitrogen and oxygen atoms in total. The fraction of sp³-hybridized carbons (Fsp3) is 0.200. The number of benzene rings is 4. The first-order chi connectivity index (χ1) is 29.5. The van der Waals surface area contributed by atoms with E-state index in [1.807, 2.05) is 12.1 Å². The summed E-state index contributed by atoms with van der Waals surface area (Å²) in [5.74, 6) is -3.86. The number of nitriles is 2. The highest BCUT2D eigenvalue weighted by atomic mass is 35.5. The van der Waals surface area contributed by atoms with E-state index in [0.717, 1.165) is 18.5 Å².